The van der Waals surface area contributed by atoms with E-state index in [2.05, 4.69) is 21.5 Å². The number of aromatic nitrogens is 6. The van der Waals surface area contributed by atoms with Crippen LogP contribution in [-0.2, 0) is 21.9 Å². The van der Waals surface area contributed by atoms with E-state index in [1.807, 2.05) is 36.7 Å². The summed E-state index contributed by atoms with van der Waals surface area (Å²) in [7, 11) is -2.22. The van der Waals surface area contributed by atoms with E-state index in [0.717, 1.165) is 27.5 Å². The summed E-state index contributed by atoms with van der Waals surface area (Å²) in [6.07, 6.45) is 10.8. The van der Waals surface area contributed by atoms with Crippen LogP contribution < -0.4 is 5.56 Å². The molecule has 0 amide bonds. The number of hydrogen-bond donors (Lipinski definition) is 4. The Morgan fingerprint density at radius 1 is 1.14 bits per heavy atom. The minimum absolute atomic E-state index is 0.110. The minimum atomic E-state index is -2.22. The molecule has 1 fully saturated rings. The lowest BCUT2D eigenvalue weighted by Gasteiger charge is -2.15. The number of aryl methyl sites for hydroxylation is 1. The second-order valence-corrected chi connectivity index (χ2v) is 10.2. The fraction of sp³-hybridized carbons (Fsp3) is 0.200. The van der Waals surface area contributed by atoms with Crippen LogP contribution in [0.25, 0.3) is 44.6 Å². The molecule has 1 atom stereocenters. The second-order valence-electron chi connectivity index (χ2n) is 8.77. The molecule has 0 spiro atoms. The maximum atomic E-state index is 13.0. The molecule has 35 heavy (non-hydrogen) atoms. The number of nitrogens with one attached hydrogen (secondary N) is 3. The molecule has 0 aliphatic heterocycles. The Morgan fingerprint density at radius 3 is 2.71 bits per heavy atom. The number of hydrogen-bond acceptors (Lipinski definition) is 6. The quantitative estimate of drug-likeness (QED) is 0.203. The van der Waals surface area contributed by atoms with Crippen molar-refractivity contribution in [3.05, 3.63) is 77.8 Å². The van der Waals surface area contributed by atoms with E-state index in [1.54, 1.807) is 23.0 Å². The van der Waals surface area contributed by atoms with Gasteiger partial charge in [0.05, 0.1) is 16.1 Å². The molecule has 6 rings (SSSR count). The molecule has 0 aromatic carbocycles. The number of allylic oxidation sites excluding steroid dienone is 1. The van der Waals surface area contributed by atoms with E-state index in [9.17, 15) is 9.00 Å². The first kappa shape index (κ1) is 21.5. The number of fused-ring (bicyclic) bond motifs is 2. The zero-order chi connectivity index (χ0) is 24.2. The van der Waals surface area contributed by atoms with Crippen LogP contribution in [0.5, 0.6) is 0 Å². The molecule has 10 heteroatoms. The Hall–Kier alpha value is -4.05. The van der Waals surface area contributed by atoms with Crippen LogP contribution in [0.3, 0.4) is 0 Å². The van der Waals surface area contributed by atoms with Crippen LogP contribution >= 0.6 is 0 Å². The maximum Gasteiger partial charge on any atom is 0.274 e. The van der Waals surface area contributed by atoms with Gasteiger partial charge in [0, 0.05) is 63.8 Å². The fourth-order valence-electron chi connectivity index (χ4n) is 4.58. The van der Waals surface area contributed by atoms with E-state index >= 15 is 0 Å². The Morgan fingerprint density at radius 2 is 1.94 bits per heavy atom. The number of aromatic amines is 2. The van der Waals surface area contributed by atoms with Crippen molar-refractivity contribution in [1.82, 2.24) is 29.5 Å². The number of nitrogens with zero attached hydrogens (tertiary/aromatic N) is 4. The highest BCUT2D eigenvalue weighted by Crippen LogP contribution is 2.49. The summed E-state index contributed by atoms with van der Waals surface area (Å²) in [6.45, 7) is 4.26. The fourth-order valence-corrected chi connectivity index (χ4v) is 5.42. The summed E-state index contributed by atoms with van der Waals surface area (Å²) in [6, 6.07) is 7.47. The summed E-state index contributed by atoms with van der Waals surface area (Å²) in [5.41, 5.74) is 3.88. The molecule has 1 aliphatic carbocycles. The van der Waals surface area contributed by atoms with Gasteiger partial charge in [-0.3, -0.25) is 13.8 Å². The van der Waals surface area contributed by atoms with Crippen molar-refractivity contribution in [2.45, 2.75) is 30.6 Å². The smallest absolute Gasteiger partial charge is 0.274 e. The van der Waals surface area contributed by atoms with Crippen molar-refractivity contribution in [2.75, 3.05) is 0 Å². The van der Waals surface area contributed by atoms with Crippen LogP contribution in [0.15, 0.2) is 66.5 Å². The SMILES string of the molecule is C=CCCn1cc(-c2cc(C3([SH](=N)=O)CC3)nc(-c3ccnc4[nH]ccc34)n2)c2cc[nH]c2c1=O. The molecule has 5 aromatic rings. The molecular formula is C25H23N7O2S. The molecule has 0 saturated heterocycles. The molecule has 5 aromatic heterocycles. The molecular weight excluding hydrogens is 462 g/mol. The van der Waals surface area contributed by atoms with Gasteiger partial charge in [-0.1, -0.05) is 6.08 Å². The van der Waals surface area contributed by atoms with Crippen LogP contribution in [0.2, 0.25) is 0 Å². The number of rotatable bonds is 7. The Bertz CT molecular complexity index is 1750. The first-order valence-electron chi connectivity index (χ1n) is 11.3. The normalized spacial score (nSPS) is 15.4. The van der Waals surface area contributed by atoms with Gasteiger partial charge in [0.25, 0.3) is 5.56 Å². The Labute approximate surface area is 202 Å². The summed E-state index contributed by atoms with van der Waals surface area (Å²) in [5, 5.41) is 1.63. The summed E-state index contributed by atoms with van der Waals surface area (Å²) in [5.74, 6) is 0.472. The van der Waals surface area contributed by atoms with E-state index in [0.29, 0.717) is 48.5 Å². The zero-order valence-electron chi connectivity index (χ0n) is 18.8. The lowest BCUT2D eigenvalue weighted by atomic mass is 10.1. The van der Waals surface area contributed by atoms with Gasteiger partial charge < -0.3 is 14.5 Å². The standard InChI is InChI=1S/C25H23N7O2S/c1-2-3-12-32-14-18(15-4-9-27-21(15)24(32)33)19-13-20(25(7-8-25)35(26)34)31-23(30-19)17-6-11-29-22-16(17)5-10-28-22/h2,4-6,9-11,13-14,26-27,35H,1,3,7-8,12H2,(H,28,29). The summed E-state index contributed by atoms with van der Waals surface area (Å²) in [4.78, 5) is 33.3. The van der Waals surface area contributed by atoms with Gasteiger partial charge in [0.1, 0.15) is 11.2 Å². The van der Waals surface area contributed by atoms with E-state index in [1.165, 1.54) is 0 Å². The first-order chi connectivity index (χ1) is 17.0. The highest BCUT2D eigenvalue weighted by Gasteiger charge is 2.48. The minimum Gasteiger partial charge on any atom is -0.357 e. The van der Waals surface area contributed by atoms with Gasteiger partial charge >= 0.3 is 0 Å². The van der Waals surface area contributed by atoms with Crippen molar-refractivity contribution in [3.8, 4) is 22.6 Å². The van der Waals surface area contributed by atoms with Crippen molar-refractivity contribution in [3.63, 3.8) is 0 Å². The summed E-state index contributed by atoms with van der Waals surface area (Å²) < 4.78 is 21.4. The van der Waals surface area contributed by atoms with Crippen molar-refractivity contribution >= 4 is 32.5 Å². The van der Waals surface area contributed by atoms with Gasteiger partial charge in [-0.2, -0.15) is 0 Å². The van der Waals surface area contributed by atoms with Crippen LogP contribution in [0.1, 0.15) is 25.0 Å². The Balaban J connectivity index is 1.64. The first-order valence-corrected chi connectivity index (χ1v) is 12.6. The van der Waals surface area contributed by atoms with Crippen molar-refractivity contribution in [2.24, 2.45) is 0 Å². The van der Waals surface area contributed by atoms with Crippen molar-refractivity contribution in [1.29, 1.82) is 4.78 Å². The van der Waals surface area contributed by atoms with E-state index in [4.69, 9.17) is 14.7 Å². The highest BCUT2D eigenvalue weighted by molar-refractivity contribution is 7.75. The summed E-state index contributed by atoms with van der Waals surface area (Å²) >= 11 is 0. The molecule has 9 nitrogen and oxygen atoms in total. The van der Waals surface area contributed by atoms with Crippen LogP contribution in [0.4, 0.5) is 0 Å². The highest BCUT2D eigenvalue weighted by atomic mass is 32.2. The monoisotopic (exact) mass is 485 g/mol. The average molecular weight is 486 g/mol. The van der Waals surface area contributed by atoms with Crippen LogP contribution in [-0.4, -0.2) is 33.7 Å². The van der Waals surface area contributed by atoms with Gasteiger partial charge in [-0.25, -0.2) is 15.0 Å². The van der Waals surface area contributed by atoms with Gasteiger partial charge in [0.15, 0.2) is 5.82 Å². The average Bonchev–Trinajstić information content (AvgIpc) is 3.29. The van der Waals surface area contributed by atoms with Crippen molar-refractivity contribution < 1.29 is 4.21 Å². The van der Waals surface area contributed by atoms with Crippen LogP contribution in [0, 0.1) is 4.78 Å². The molecule has 0 radical (unpaired) electrons. The largest absolute Gasteiger partial charge is 0.357 e. The zero-order valence-corrected chi connectivity index (χ0v) is 19.7. The lowest BCUT2D eigenvalue weighted by Crippen LogP contribution is -2.20. The van der Waals surface area contributed by atoms with Gasteiger partial charge in [0.2, 0.25) is 0 Å². The maximum absolute atomic E-state index is 13.0. The third kappa shape index (κ3) is 3.40. The lowest BCUT2D eigenvalue weighted by molar-refractivity contribution is 0.673. The predicted octanol–water partition coefficient (Wildman–Crippen LogP) is 4.14. The van der Waals surface area contributed by atoms with E-state index in [-0.39, 0.29) is 5.56 Å². The number of H-pyrrole nitrogens is 2. The molecule has 1 unspecified atom stereocenters. The third-order valence-electron chi connectivity index (χ3n) is 6.66. The molecule has 1 saturated carbocycles. The molecule has 0 bridgehead atoms. The molecule has 5 heterocycles. The van der Waals surface area contributed by atoms with Gasteiger partial charge in [-0.15, -0.1) is 6.58 Å². The van der Waals surface area contributed by atoms with E-state index < -0.39 is 15.3 Å². The molecule has 176 valence electrons. The number of thiol groups is 1. The third-order valence-corrected chi connectivity index (χ3v) is 8.12. The second kappa shape index (κ2) is 8.02. The van der Waals surface area contributed by atoms with Gasteiger partial charge in [-0.05, 0) is 43.5 Å². The topological polar surface area (TPSA) is 133 Å². The Kier molecular flexibility index (Phi) is 4.92. The molecule has 3 N–H and O–H groups in total. The number of pyridine rings is 2. The predicted molar refractivity (Wildman–Crippen MR) is 137 cm³/mol. The molecule has 1 aliphatic rings.